The van der Waals surface area contributed by atoms with Crippen molar-refractivity contribution in [2.24, 2.45) is 11.7 Å². The Bertz CT molecular complexity index is 395. The van der Waals surface area contributed by atoms with Crippen LogP contribution in [0, 0.1) is 12.8 Å². The molecule has 17 heavy (non-hydrogen) atoms. The molecule has 1 aromatic carbocycles. The molecular formula is C13H19ClN2O. The van der Waals surface area contributed by atoms with Crippen molar-refractivity contribution in [2.45, 2.75) is 19.3 Å². The highest BCUT2D eigenvalue weighted by atomic mass is 35.5. The maximum atomic E-state index is 11.7. The van der Waals surface area contributed by atoms with E-state index >= 15 is 0 Å². The van der Waals surface area contributed by atoms with Gasteiger partial charge in [-0.2, -0.15) is 0 Å². The van der Waals surface area contributed by atoms with Gasteiger partial charge in [0.2, 0.25) is 5.91 Å². The summed E-state index contributed by atoms with van der Waals surface area (Å²) in [7, 11) is 0. The van der Waals surface area contributed by atoms with Crippen LogP contribution in [-0.2, 0) is 4.79 Å². The number of rotatable bonds is 4. The van der Waals surface area contributed by atoms with Crippen molar-refractivity contribution in [1.82, 2.24) is 5.32 Å². The first-order valence-corrected chi connectivity index (χ1v) is 5.77. The molecule has 1 aromatic rings. The Labute approximate surface area is 108 Å². The molecule has 1 amide bonds. The SMILES string of the molecule is Cc1ccccc1C1CC1C(=O)NCCN.Cl. The molecule has 1 aliphatic rings. The second kappa shape index (κ2) is 6.03. The lowest BCUT2D eigenvalue weighted by atomic mass is 10.0. The van der Waals surface area contributed by atoms with Gasteiger partial charge in [-0.25, -0.2) is 0 Å². The third kappa shape index (κ3) is 3.20. The summed E-state index contributed by atoms with van der Waals surface area (Å²) in [5.41, 5.74) is 7.95. The van der Waals surface area contributed by atoms with E-state index in [9.17, 15) is 4.79 Å². The number of hydrogen-bond donors (Lipinski definition) is 2. The van der Waals surface area contributed by atoms with Crippen molar-refractivity contribution < 1.29 is 4.79 Å². The third-order valence-electron chi connectivity index (χ3n) is 3.16. The number of carbonyl (C=O) groups is 1. The minimum atomic E-state index is 0. The quantitative estimate of drug-likeness (QED) is 0.858. The average molecular weight is 255 g/mol. The Morgan fingerprint density at radius 2 is 2.18 bits per heavy atom. The van der Waals surface area contributed by atoms with Crippen LogP contribution in [0.1, 0.15) is 23.5 Å². The van der Waals surface area contributed by atoms with Gasteiger partial charge < -0.3 is 11.1 Å². The molecule has 1 saturated carbocycles. The average Bonchev–Trinajstić information content (AvgIpc) is 3.06. The van der Waals surface area contributed by atoms with E-state index in [4.69, 9.17) is 5.73 Å². The predicted molar refractivity (Wildman–Crippen MR) is 71.3 cm³/mol. The highest BCUT2D eigenvalue weighted by molar-refractivity contribution is 5.85. The molecule has 2 rings (SSSR count). The first-order chi connectivity index (χ1) is 7.74. The lowest BCUT2D eigenvalue weighted by Gasteiger charge is -2.05. The zero-order chi connectivity index (χ0) is 11.5. The van der Waals surface area contributed by atoms with E-state index in [-0.39, 0.29) is 24.2 Å². The smallest absolute Gasteiger partial charge is 0.223 e. The van der Waals surface area contributed by atoms with Gasteiger partial charge in [0.05, 0.1) is 0 Å². The van der Waals surface area contributed by atoms with E-state index < -0.39 is 0 Å². The van der Waals surface area contributed by atoms with Crippen LogP contribution in [0.2, 0.25) is 0 Å². The molecule has 0 bridgehead atoms. The molecule has 1 fully saturated rings. The van der Waals surface area contributed by atoms with Gasteiger partial charge in [0.15, 0.2) is 0 Å². The summed E-state index contributed by atoms with van der Waals surface area (Å²) in [4.78, 5) is 11.7. The van der Waals surface area contributed by atoms with Crippen LogP contribution in [-0.4, -0.2) is 19.0 Å². The van der Waals surface area contributed by atoms with Gasteiger partial charge in [0.1, 0.15) is 0 Å². The summed E-state index contributed by atoms with van der Waals surface area (Å²) in [6.07, 6.45) is 0.973. The standard InChI is InChI=1S/C13H18N2O.ClH/c1-9-4-2-3-5-10(9)11-8-12(11)13(16)15-7-6-14;/h2-5,11-12H,6-8,14H2,1H3,(H,15,16);1H. The summed E-state index contributed by atoms with van der Waals surface area (Å²) >= 11 is 0. The lowest BCUT2D eigenvalue weighted by molar-refractivity contribution is -0.122. The Morgan fingerprint density at radius 1 is 1.47 bits per heavy atom. The molecule has 0 aliphatic heterocycles. The summed E-state index contributed by atoms with van der Waals surface area (Å²) in [5.74, 6) is 0.727. The second-order valence-electron chi connectivity index (χ2n) is 4.38. The van der Waals surface area contributed by atoms with Crippen molar-refractivity contribution in [3.8, 4) is 0 Å². The van der Waals surface area contributed by atoms with Gasteiger partial charge in [0, 0.05) is 19.0 Å². The number of nitrogens with two attached hydrogens (primary N) is 1. The summed E-state index contributed by atoms with van der Waals surface area (Å²) in [6, 6.07) is 8.29. The Kier molecular flexibility index (Phi) is 4.97. The third-order valence-corrected chi connectivity index (χ3v) is 3.16. The molecule has 2 atom stereocenters. The second-order valence-corrected chi connectivity index (χ2v) is 4.38. The number of benzene rings is 1. The number of carbonyl (C=O) groups excluding carboxylic acids is 1. The van der Waals surface area contributed by atoms with Gasteiger partial charge in [-0.05, 0) is 30.4 Å². The fourth-order valence-electron chi connectivity index (χ4n) is 2.16. The normalized spacial score (nSPS) is 21.5. The topological polar surface area (TPSA) is 55.1 Å². The van der Waals surface area contributed by atoms with Crippen molar-refractivity contribution >= 4 is 18.3 Å². The molecule has 3 nitrogen and oxygen atoms in total. The van der Waals surface area contributed by atoms with Crippen molar-refractivity contribution in [3.05, 3.63) is 35.4 Å². The highest BCUT2D eigenvalue weighted by Crippen LogP contribution is 2.48. The molecule has 94 valence electrons. The van der Waals surface area contributed by atoms with Gasteiger partial charge >= 0.3 is 0 Å². The fourth-order valence-corrected chi connectivity index (χ4v) is 2.16. The van der Waals surface area contributed by atoms with Crippen LogP contribution in [0.15, 0.2) is 24.3 Å². The molecule has 0 heterocycles. The molecule has 0 spiro atoms. The Hall–Kier alpha value is -1.06. The van der Waals surface area contributed by atoms with Crippen LogP contribution in [0.5, 0.6) is 0 Å². The predicted octanol–water partition coefficient (Wildman–Crippen LogP) is 1.60. The maximum Gasteiger partial charge on any atom is 0.223 e. The van der Waals surface area contributed by atoms with Gasteiger partial charge in [-0.3, -0.25) is 4.79 Å². The van der Waals surface area contributed by atoms with Crippen LogP contribution in [0.4, 0.5) is 0 Å². The molecule has 0 saturated heterocycles. The van der Waals surface area contributed by atoms with Gasteiger partial charge in [-0.1, -0.05) is 24.3 Å². The number of aryl methyl sites for hydroxylation is 1. The van der Waals surface area contributed by atoms with Crippen LogP contribution in [0.3, 0.4) is 0 Å². The summed E-state index contributed by atoms with van der Waals surface area (Å²) in [5, 5.41) is 2.85. The maximum absolute atomic E-state index is 11.7. The molecule has 4 heteroatoms. The first-order valence-electron chi connectivity index (χ1n) is 5.77. The number of amides is 1. The lowest BCUT2D eigenvalue weighted by Crippen LogP contribution is -2.30. The van der Waals surface area contributed by atoms with Crippen molar-refractivity contribution in [3.63, 3.8) is 0 Å². The van der Waals surface area contributed by atoms with Crippen LogP contribution in [0.25, 0.3) is 0 Å². The summed E-state index contributed by atoms with van der Waals surface area (Å²) in [6.45, 7) is 3.19. The number of halogens is 1. The Morgan fingerprint density at radius 3 is 2.82 bits per heavy atom. The van der Waals surface area contributed by atoms with Crippen LogP contribution >= 0.6 is 12.4 Å². The van der Waals surface area contributed by atoms with E-state index in [1.54, 1.807) is 0 Å². The summed E-state index contributed by atoms with van der Waals surface area (Å²) < 4.78 is 0. The molecule has 1 aliphatic carbocycles. The molecule has 0 aromatic heterocycles. The van der Waals surface area contributed by atoms with E-state index in [1.165, 1.54) is 11.1 Å². The van der Waals surface area contributed by atoms with E-state index in [1.807, 2.05) is 12.1 Å². The van der Waals surface area contributed by atoms with Crippen LogP contribution < -0.4 is 11.1 Å². The van der Waals surface area contributed by atoms with E-state index in [2.05, 4.69) is 24.4 Å². The Balaban J connectivity index is 0.00000144. The monoisotopic (exact) mass is 254 g/mol. The molecule has 3 N–H and O–H groups in total. The molecule has 2 unspecified atom stereocenters. The molecule has 0 radical (unpaired) electrons. The number of hydrogen-bond acceptors (Lipinski definition) is 2. The fraction of sp³-hybridized carbons (Fsp3) is 0.462. The molecular weight excluding hydrogens is 236 g/mol. The zero-order valence-corrected chi connectivity index (χ0v) is 10.8. The first kappa shape index (κ1) is 14.0. The minimum Gasteiger partial charge on any atom is -0.355 e. The van der Waals surface area contributed by atoms with Gasteiger partial charge in [0.25, 0.3) is 0 Å². The number of nitrogens with one attached hydrogen (secondary N) is 1. The van der Waals surface area contributed by atoms with E-state index in [0.717, 1.165) is 6.42 Å². The van der Waals surface area contributed by atoms with Gasteiger partial charge in [-0.15, -0.1) is 12.4 Å². The largest absolute Gasteiger partial charge is 0.355 e. The van der Waals surface area contributed by atoms with Crippen molar-refractivity contribution in [2.75, 3.05) is 13.1 Å². The highest BCUT2D eigenvalue weighted by Gasteiger charge is 2.44. The van der Waals surface area contributed by atoms with E-state index in [0.29, 0.717) is 19.0 Å². The van der Waals surface area contributed by atoms with Crippen molar-refractivity contribution in [1.29, 1.82) is 0 Å². The zero-order valence-electron chi connectivity index (χ0n) is 9.98. The minimum absolute atomic E-state index is 0.